The van der Waals surface area contributed by atoms with Crippen molar-refractivity contribution in [1.82, 2.24) is 14.7 Å². The average molecular weight is 533 g/mol. The topological polar surface area (TPSA) is 93.2 Å². The van der Waals surface area contributed by atoms with E-state index in [-0.39, 0.29) is 24.3 Å². The van der Waals surface area contributed by atoms with Crippen molar-refractivity contribution < 1.29 is 19.5 Å². The minimum Gasteiger partial charge on any atom is -0.389 e. The van der Waals surface area contributed by atoms with Crippen molar-refractivity contribution in [3.63, 3.8) is 0 Å². The Morgan fingerprint density at radius 3 is 2.44 bits per heavy atom. The highest BCUT2D eigenvalue weighted by atomic mass is 16.3. The molecule has 3 atom stereocenters. The summed E-state index contributed by atoms with van der Waals surface area (Å²) in [6.07, 6.45) is 6.28. The zero-order chi connectivity index (χ0) is 27.4. The van der Waals surface area contributed by atoms with Gasteiger partial charge in [-0.25, -0.2) is 4.79 Å². The molecule has 2 N–H and O–H groups in total. The molecule has 5 rings (SSSR count). The monoisotopic (exact) mass is 532 g/mol. The molecule has 39 heavy (non-hydrogen) atoms. The van der Waals surface area contributed by atoms with Gasteiger partial charge in [0.2, 0.25) is 11.8 Å². The number of amides is 4. The molecular weight excluding hydrogens is 492 g/mol. The maximum Gasteiger partial charge on any atom is 0.323 e. The van der Waals surface area contributed by atoms with Gasteiger partial charge in [0.1, 0.15) is 12.2 Å². The summed E-state index contributed by atoms with van der Waals surface area (Å²) in [6, 6.07) is 16.4. The number of piperazine rings is 1. The lowest BCUT2D eigenvalue weighted by Crippen LogP contribution is -2.71. The number of rotatable bonds is 7. The molecule has 3 aliphatic rings. The predicted molar refractivity (Wildman–Crippen MR) is 150 cm³/mol. The van der Waals surface area contributed by atoms with Gasteiger partial charge in [-0.05, 0) is 48.9 Å². The van der Waals surface area contributed by atoms with Crippen molar-refractivity contribution in [2.75, 3.05) is 25.0 Å². The van der Waals surface area contributed by atoms with Crippen LogP contribution in [-0.4, -0.2) is 69.5 Å². The van der Waals surface area contributed by atoms with Crippen molar-refractivity contribution >= 4 is 23.5 Å². The number of aliphatic hydroxyl groups is 1. The third kappa shape index (κ3) is 6.27. The lowest BCUT2D eigenvalue weighted by molar-refractivity contribution is -0.167. The Morgan fingerprint density at radius 1 is 1.03 bits per heavy atom. The number of urea groups is 1. The molecular formula is C31H40N4O4. The molecule has 2 aromatic rings. The lowest BCUT2D eigenvalue weighted by Gasteiger charge is -2.52. The molecule has 4 amide bonds. The number of nitrogens with zero attached hydrogens (tertiary/aromatic N) is 3. The van der Waals surface area contributed by atoms with Crippen LogP contribution in [0.4, 0.5) is 10.5 Å². The maximum absolute atomic E-state index is 13.9. The van der Waals surface area contributed by atoms with Gasteiger partial charge >= 0.3 is 6.03 Å². The SMILES string of the molecule is CC(O)c1ccc(NC(=O)N2CCC(=O)N3[C@@H]2CN(CCc2ccccc2)C(=O)[C@@H]3CC2CCCCC2)cc1. The highest BCUT2D eigenvalue weighted by molar-refractivity contribution is 5.94. The van der Waals surface area contributed by atoms with Gasteiger partial charge < -0.3 is 25.1 Å². The third-order valence-electron chi connectivity index (χ3n) is 8.55. The van der Waals surface area contributed by atoms with E-state index in [2.05, 4.69) is 17.4 Å². The highest BCUT2D eigenvalue weighted by Crippen LogP contribution is 2.34. The standard InChI is InChI=1S/C31H40N4O4/c1-22(36)25-12-14-26(15-13-25)32-31(39)34-19-17-29(37)35-27(20-24-10-6-3-7-11-24)30(38)33(21-28(34)35)18-16-23-8-4-2-5-9-23/h2,4-5,8-9,12-15,22,24,27-28,36H,3,6-7,10-11,16-21H2,1H3,(H,32,39)/t22?,27-,28+/m0/s1. The molecule has 2 aromatic carbocycles. The molecule has 2 heterocycles. The molecule has 2 aliphatic heterocycles. The Hall–Kier alpha value is -3.39. The molecule has 0 aromatic heterocycles. The largest absolute Gasteiger partial charge is 0.389 e. The van der Waals surface area contributed by atoms with E-state index in [0.29, 0.717) is 37.7 Å². The van der Waals surface area contributed by atoms with E-state index in [1.807, 2.05) is 23.1 Å². The second-order valence-corrected chi connectivity index (χ2v) is 11.2. The van der Waals surface area contributed by atoms with Gasteiger partial charge in [0.05, 0.1) is 12.6 Å². The second kappa shape index (κ2) is 12.2. The smallest absolute Gasteiger partial charge is 0.323 e. The van der Waals surface area contributed by atoms with Gasteiger partial charge in [-0.3, -0.25) is 9.59 Å². The number of benzene rings is 2. The van der Waals surface area contributed by atoms with Crippen LogP contribution >= 0.6 is 0 Å². The number of anilines is 1. The van der Waals surface area contributed by atoms with Crippen LogP contribution in [0.15, 0.2) is 54.6 Å². The Balaban J connectivity index is 1.37. The van der Waals surface area contributed by atoms with Crippen LogP contribution in [-0.2, 0) is 16.0 Å². The number of hydrogen-bond acceptors (Lipinski definition) is 4. The third-order valence-corrected chi connectivity index (χ3v) is 8.55. The first kappa shape index (κ1) is 27.2. The molecule has 1 unspecified atom stereocenters. The molecule has 208 valence electrons. The Morgan fingerprint density at radius 2 is 1.74 bits per heavy atom. The maximum atomic E-state index is 13.9. The predicted octanol–water partition coefficient (Wildman–Crippen LogP) is 4.56. The molecule has 2 saturated heterocycles. The van der Waals surface area contributed by atoms with E-state index >= 15 is 0 Å². The van der Waals surface area contributed by atoms with E-state index in [1.165, 1.54) is 19.3 Å². The average Bonchev–Trinajstić information content (AvgIpc) is 2.95. The van der Waals surface area contributed by atoms with Crippen LogP contribution in [0.25, 0.3) is 0 Å². The summed E-state index contributed by atoms with van der Waals surface area (Å²) in [6.45, 7) is 2.88. The van der Waals surface area contributed by atoms with Crippen LogP contribution in [0, 0.1) is 5.92 Å². The van der Waals surface area contributed by atoms with E-state index in [9.17, 15) is 19.5 Å². The van der Waals surface area contributed by atoms with Crippen molar-refractivity contribution in [1.29, 1.82) is 0 Å². The van der Waals surface area contributed by atoms with Gasteiger partial charge in [-0.2, -0.15) is 0 Å². The molecule has 1 saturated carbocycles. The number of hydrogen-bond donors (Lipinski definition) is 2. The minimum absolute atomic E-state index is 0.0112. The van der Waals surface area contributed by atoms with E-state index < -0.39 is 18.3 Å². The molecule has 0 bridgehead atoms. The second-order valence-electron chi connectivity index (χ2n) is 11.2. The minimum atomic E-state index is -0.584. The van der Waals surface area contributed by atoms with E-state index in [4.69, 9.17) is 0 Å². The fraction of sp³-hybridized carbons (Fsp3) is 0.516. The van der Waals surface area contributed by atoms with E-state index in [0.717, 1.165) is 30.4 Å². The Labute approximate surface area is 231 Å². The van der Waals surface area contributed by atoms with Crippen LogP contribution in [0.1, 0.15) is 69.1 Å². The summed E-state index contributed by atoms with van der Waals surface area (Å²) < 4.78 is 0. The zero-order valence-corrected chi connectivity index (χ0v) is 22.8. The van der Waals surface area contributed by atoms with Crippen molar-refractivity contribution in [3.05, 3.63) is 65.7 Å². The van der Waals surface area contributed by atoms with Gasteiger partial charge in [-0.1, -0.05) is 74.6 Å². The van der Waals surface area contributed by atoms with Gasteiger partial charge in [0, 0.05) is 25.2 Å². The number of aliphatic hydroxyl groups excluding tert-OH is 1. The fourth-order valence-corrected chi connectivity index (χ4v) is 6.34. The zero-order valence-electron chi connectivity index (χ0n) is 22.8. The molecule has 0 spiro atoms. The summed E-state index contributed by atoms with van der Waals surface area (Å²) in [7, 11) is 0. The highest BCUT2D eigenvalue weighted by Gasteiger charge is 2.49. The molecule has 8 nitrogen and oxygen atoms in total. The van der Waals surface area contributed by atoms with Gasteiger partial charge in [-0.15, -0.1) is 0 Å². The first-order valence-electron chi connectivity index (χ1n) is 14.4. The van der Waals surface area contributed by atoms with Crippen LogP contribution in [0.3, 0.4) is 0 Å². The Bertz CT molecular complexity index is 1150. The summed E-state index contributed by atoms with van der Waals surface area (Å²) in [4.78, 5) is 46.0. The van der Waals surface area contributed by atoms with Crippen molar-refractivity contribution in [2.45, 2.75) is 76.6 Å². The van der Waals surface area contributed by atoms with Crippen LogP contribution in [0.5, 0.6) is 0 Å². The normalized spacial score (nSPS) is 23.0. The van der Waals surface area contributed by atoms with Gasteiger partial charge in [0.25, 0.3) is 0 Å². The molecule has 8 heteroatoms. The van der Waals surface area contributed by atoms with Crippen LogP contribution in [0.2, 0.25) is 0 Å². The van der Waals surface area contributed by atoms with Gasteiger partial charge in [0.15, 0.2) is 0 Å². The van der Waals surface area contributed by atoms with Crippen molar-refractivity contribution in [2.24, 2.45) is 5.92 Å². The number of carbonyl (C=O) groups is 3. The van der Waals surface area contributed by atoms with Crippen LogP contribution < -0.4 is 5.32 Å². The number of fused-ring (bicyclic) bond motifs is 1. The summed E-state index contributed by atoms with van der Waals surface area (Å²) >= 11 is 0. The summed E-state index contributed by atoms with van der Waals surface area (Å²) in [5, 5.41) is 12.8. The quantitative estimate of drug-likeness (QED) is 0.547. The fourth-order valence-electron chi connectivity index (χ4n) is 6.34. The number of carbonyl (C=O) groups excluding carboxylic acids is 3. The summed E-state index contributed by atoms with van der Waals surface area (Å²) in [5.41, 5.74) is 2.55. The first-order valence-corrected chi connectivity index (χ1v) is 14.4. The van der Waals surface area contributed by atoms with Crippen molar-refractivity contribution in [3.8, 4) is 0 Å². The number of nitrogens with one attached hydrogen (secondary N) is 1. The molecule has 1 aliphatic carbocycles. The summed E-state index contributed by atoms with van der Waals surface area (Å²) in [5.74, 6) is 0.395. The Kier molecular flexibility index (Phi) is 8.50. The molecule has 3 fully saturated rings. The molecule has 0 radical (unpaired) electrons. The first-order chi connectivity index (χ1) is 18.9. The van der Waals surface area contributed by atoms with E-state index in [1.54, 1.807) is 41.0 Å². The lowest BCUT2D eigenvalue weighted by atomic mass is 9.83.